The Bertz CT molecular complexity index is 482. The summed E-state index contributed by atoms with van der Waals surface area (Å²) in [5.74, 6) is -0.937. The summed E-state index contributed by atoms with van der Waals surface area (Å²) >= 11 is 0. The van der Waals surface area contributed by atoms with Gasteiger partial charge >= 0.3 is 5.97 Å². The van der Waals surface area contributed by atoms with E-state index in [1.807, 2.05) is 0 Å². The minimum atomic E-state index is -3.20. The summed E-state index contributed by atoms with van der Waals surface area (Å²) in [6, 6.07) is 6.84. The Kier molecular flexibility index (Phi) is 4.47. The van der Waals surface area contributed by atoms with Crippen LogP contribution in [-0.2, 0) is 21.4 Å². The van der Waals surface area contributed by atoms with Gasteiger partial charge in [-0.3, -0.25) is 4.79 Å². The number of hydrogen-bond acceptors (Lipinski definition) is 4. The second-order valence-electron chi connectivity index (χ2n) is 3.54. The van der Waals surface area contributed by atoms with E-state index >= 15 is 0 Å². The number of sulfonamides is 1. The third kappa shape index (κ3) is 5.88. The van der Waals surface area contributed by atoms with Crippen LogP contribution >= 0.6 is 0 Å². The van der Waals surface area contributed by atoms with Gasteiger partial charge in [0, 0.05) is 12.2 Å². The average Bonchev–Trinajstić information content (AvgIpc) is 2.24. The van der Waals surface area contributed by atoms with E-state index < -0.39 is 16.0 Å². The van der Waals surface area contributed by atoms with Crippen LogP contribution in [0.1, 0.15) is 5.56 Å². The lowest BCUT2D eigenvalue weighted by Gasteiger charge is -2.05. The molecule has 0 spiro atoms. The van der Waals surface area contributed by atoms with Crippen LogP contribution in [0.3, 0.4) is 0 Å². The zero-order valence-electron chi connectivity index (χ0n) is 9.30. The van der Waals surface area contributed by atoms with Crippen molar-refractivity contribution in [1.82, 2.24) is 4.72 Å². The third-order valence-corrected chi connectivity index (χ3v) is 2.60. The molecule has 17 heavy (non-hydrogen) atoms. The first-order valence-electron chi connectivity index (χ1n) is 4.86. The Morgan fingerprint density at radius 1 is 1.29 bits per heavy atom. The zero-order chi connectivity index (χ0) is 12.9. The van der Waals surface area contributed by atoms with Gasteiger partial charge in [-0.1, -0.05) is 12.1 Å². The van der Waals surface area contributed by atoms with Gasteiger partial charge in [0.25, 0.3) is 0 Å². The molecule has 1 aromatic carbocycles. The van der Waals surface area contributed by atoms with Crippen LogP contribution in [0.15, 0.2) is 24.3 Å². The lowest BCUT2D eigenvalue weighted by atomic mass is 10.2. The molecule has 0 saturated heterocycles. The fraction of sp³-hybridized carbons (Fsp3) is 0.300. The molecule has 0 radical (unpaired) electrons. The smallest absolute Gasteiger partial charge is 0.322 e. The first-order valence-corrected chi connectivity index (χ1v) is 6.75. The van der Waals surface area contributed by atoms with E-state index in [1.54, 1.807) is 24.3 Å². The minimum Gasteiger partial charge on any atom is -0.480 e. The normalized spacial score (nSPS) is 11.1. The summed E-state index contributed by atoms with van der Waals surface area (Å²) in [4.78, 5) is 10.3. The quantitative estimate of drug-likeness (QED) is 0.679. The number of benzene rings is 1. The van der Waals surface area contributed by atoms with E-state index in [9.17, 15) is 13.2 Å². The van der Waals surface area contributed by atoms with Gasteiger partial charge in [-0.15, -0.1) is 0 Å². The van der Waals surface area contributed by atoms with Crippen LogP contribution in [0, 0.1) is 0 Å². The topological polar surface area (TPSA) is 95.5 Å². The molecule has 0 aliphatic rings. The molecule has 94 valence electrons. The Labute approximate surface area is 99.7 Å². The van der Waals surface area contributed by atoms with Gasteiger partial charge < -0.3 is 10.4 Å². The number of hydrogen-bond donors (Lipinski definition) is 3. The summed E-state index contributed by atoms with van der Waals surface area (Å²) in [7, 11) is -3.20. The number of anilines is 1. The summed E-state index contributed by atoms with van der Waals surface area (Å²) in [6.45, 7) is 0.0684. The number of carboxylic acid groups (broad SMARTS) is 1. The second kappa shape index (κ2) is 5.65. The lowest BCUT2D eigenvalue weighted by Crippen LogP contribution is -2.21. The number of carboxylic acids is 1. The predicted molar refractivity (Wildman–Crippen MR) is 64.3 cm³/mol. The van der Waals surface area contributed by atoms with Crippen molar-refractivity contribution in [1.29, 1.82) is 0 Å². The predicted octanol–water partition coefficient (Wildman–Crippen LogP) is 0.232. The maximum Gasteiger partial charge on any atom is 0.322 e. The van der Waals surface area contributed by atoms with E-state index in [0.717, 1.165) is 11.8 Å². The first kappa shape index (κ1) is 13.5. The van der Waals surface area contributed by atoms with Crippen molar-refractivity contribution >= 4 is 21.7 Å². The molecule has 0 bridgehead atoms. The molecule has 0 unspecified atom stereocenters. The molecule has 1 aromatic rings. The van der Waals surface area contributed by atoms with Crippen molar-refractivity contribution in [2.24, 2.45) is 0 Å². The molecule has 0 fully saturated rings. The Morgan fingerprint density at radius 3 is 2.35 bits per heavy atom. The van der Waals surface area contributed by atoms with E-state index in [0.29, 0.717) is 5.69 Å². The summed E-state index contributed by atoms with van der Waals surface area (Å²) < 4.78 is 24.1. The summed E-state index contributed by atoms with van der Waals surface area (Å²) in [6.07, 6.45) is 1.09. The molecule has 0 aliphatic heterocycles. The molecule has 6 nitrogen and oxygen atoms in total. The van der Waals surface area contributed by atoms with Gasteiger partial charge in [0.1, 0.15) is 6.54 Å². The van der Waals surface area contributed by atoms with Crippen molar-refractivity contribution in [2.45, 2.75) is 6.54 Å². The standard InChI is InChI=1S/C10H14N2O4S/c1-17(15,16)12-6-8-2-4-9(5-3-8)11-7-10(13)14/h2-5,11-12H,6-7H2,1H3,(H,13,14). The van der Waals surface area contributed by atoms with Crippen molar-refractivity contribution in [3.8, 4) is 0 Å². The highest BCUT2D eigenvalue weighted by molar-refractivity contribution is 7.88. The fourth-order valence-corrected chi connectivity index (χ4v) is 1.56. The number of aliphatic carboxylic acids is 1. The van der Waals surface area contributed by atoms with Crippen molar-refractivity contribution in [2.75, 3.05) is 18.1 Å². The van der Waals surface area contributed by atoms with Crippen LogP contribution in [0.4, 0.5) is 5.69 Å². The highest BCUT2D eigenvalue weighted by Gasteiger charge is 2.01. The molecule has 7 heteroatoms. The Hall–Kier alpha value is -1.60. The molecular formula is C10H14N2O4S. The van der Waals surface area contributed by atoms with Crippen LogP contribution in [0.25, 0.3) is 0 Å². The number of carbonyl (C=O) groups is 1. The SMILES string of the molecule is CS(=O)(=O)NCc1ccc(NCC(=O)O)cc1. The maximum atomic E-state index is 10.9. The van der Waals surface area contributed by atoms with Gasteiger partial charge in [-0.25, -0.2) is 13.1 Å². The number of rotatable bonds is 6. The fourth-order valence-electron chi connectivity index (χ4n) is 1.13. The monoisotopic (exact) mass is 258 g/mol. The minimum absolute atomic E-state index is 0.152. The molecule has 0 heterocycles. The van der Waals surface area contributed by atoms with Gasteiger partial charge in [0.05, 0.1) is 6.26 Å². The van der Waals surface area contributed by atoms with Crippen LogP contribution in [-0.4, -0.2) is 32.3 Å². The van der Waals surface area contributed by atoms with E-state index in [-0.39, 0.29) is 13.1 Å². The molecule has 3 N–H and O–H groups in total. The van der Waals surface area contributed by atoms with E-state index in [4.69, 9.17) is 5.11 Å². The van der Waals surface area contributed by atoms with E-state index in [2.05, 4.69) is 10.0 Å². The van der Waals surface area contributed by atoms with Gasteiger partial charge in [-0.05, 0) is 17.7 Å². The molecule has 1 rings (SSSR count). The van der Waals surface area contributed by atoms with E-state index in [1.165, 1.54) is 0 Å². The van der Waals surface area contributed by atoms with Crippen LogP contribution in [0.5, 0.6) is 0 Å². The molecular weight excluding hydrogens is 244 g/mol. The third-order valence-electron chi connectivity index (χ3n) is 1.94. The zero-order valence-corrected chi connectivity index (χ0v) is 10.1. The molecule has 0 aromatic heterocycles. The highest BCUT2D eigenvalue weighted by Crippen LogP contribution is 2.09. The molecule has 0 saturated carbocycles. The average molecular weight is 258 g/mol. The highest BCUT2D eigenvalue weighted by atomic mass is 32.2. The van der Waals surface area contributed by atoms with Gasteiger partial charge in [0.15, 0.2) is 0 Å². The molecule has 0 aliphatic carbocycles. The first-order chi connectivity index (χ1) is 7.87. The maximum absolute atomic E-state index is 10.9. The largest absolute Gasteiger partial charge is 0.480 e. The van der Waals surface area contributed by atoms with Crippen molar-refractivity contribution < 1.29 is 18.3 Å². The van der Waals surface area contributed by atoms with Crippen molar-refractivity contribution in [3.05, 3.63) is 29.8 Å². The summed E-state index contributed by atoms with van der Waals surface area (Å²) in [5.41, 5.74) is 1.48. The Balaban J connectivity index is 2.53. The molecule has 0 atom stereocenters. The van der Waals surface area contributed by atoms with Crippen LogP contribution < -0.4 is 10.0 Å². The van der Waals surface area contributed by atoms with Gasteiger partial charge in [0.2, 0.25) is 10.0 Å². The van der Waals surface area contributed by atoms with Crippen molar-refractivity contribution in [3.63, 3.8) is 0 Å². The van der Waals surface area contributed by atoms with Crippen LogP contribution in [0.2, 0.25) is 0 Å². The van der Waals surface area contributed by atoms with Gasteiger partial charge in [-0.2, -0.15) is 0 Å². The Morgan fingerprint density at radius 2 is 1.88 bits per heavy atom. The second-order valence-corrected chi connectivity index (χ2v) is 5.37. The summed E-state index contributed by atoms with van der Waals surface area (Å²) in [5, 5.41) is 11.2. The number of nitrogens with one attached hydrogen (secondary N) is 2. The molecule has 0 amide bonds. The lowest BCUT2D eigenvalue weighted by molar-refractivity contribution is -0.134.